The highest BCUT2D eigenvalue weighted by Gasteiger charge is 2.75. The smallest absolute Gasteiger partial charge is 0.266 e. The Morgan fingerprint density at radius 2 is 1.74 bits per heavy atom. The van der Waals surface area contributed by atoms with Crippen molar-refractivity contribution in [3.8, 4) is 5.75 Å². The molecular weight excluding hydrogens is 737 g/mol. The second-order valence-corrected chi connectivity index (χ2v) is 17.4. The molecule has 5 amide bonds. The number of carbonyl (C=O) groups is 7. The van der Waals surface area contributed by atoms with Crippen LogP contribution in [-0.4, -0.2) is 92.8 Å². The minimum absolute atomic E-state index is 0.00296. The van der Waals surface area contributed by atoms with Crippen molar-refractivity contribution < 1.29 is 52.9 Å². The van der Waals surface area contributed by atoms with Crippen molar-refractivity contribution >= 4 is 41.1 Å². The molecule has 4 N–H and O–H groups in total. The van der Waals surface area contributed by atoms with E-state index in [9.17, 15) is 43.8 Å². The zero-order valence-corrected chi connectivity index (χ0v) is 32.7. The lowest BCUT2D eigenvalue weighted by Gasteiger charge is -2.62. The van der Waals surface area contributed by atoms with Crippen molar-refractivity contribution in [3.05, 3.63) is 53.1 Å². The summed E-state index contributed by atoms with van der Waals surface area (Å²) >= 11 is 0. The SMILES string of the molecule is C[C@H]1C[C@H]2[C@@H]3CCC4=CC(=O)C=C[C@]4(C)[C@@]3(F)[C@@H](O)C[C@]2(C)[C@@]1(O)C(=O)NCCCCCCCC(=O)COc1cccc2c1C(=O)N(C1CCC(=O)NC1=O)C2=O. The van der Waals surface area contributed by atoms with Gasteiger partial charge in [0.05, 0.1) is 17.2 Å². The molecule has 4 fully saturated rings. The van der Waals surface area contributed by atoms with Crippen molar-refractivity contribution in [1.82, 2.24) is 15.5 Å². The zero-order valence-electron chi connectivity index (χ0n) is 32.7. The molecule has 3 saturated carbocycles. The fraction of sp³-hybridized carbons (Fsp3) is 0.605. The normalized spacial score (nSPS) is 35.5. The highest BCUT2D eigenvalue weighted by atomic mass is 19.1. The van der Waals surface area contributed by atoms with Gasteiger partial charge in [0.1, 0.15) is 18.4 Å². The van der Waals surface area contributed by atoms with Gasteiger partial charge in [-0.25, -0.2) is 4.39 Å². The van der Waals surface area contributed by atoms with Crippen LogP contribution in [0.4, 0.5) is 4.39 Å². The number of hydrogen-bond donors (Lipinski definition) is 4. The number of benzene rings is 1. The molecule has 0 aromatic heterocycles. The summed E-state index contributed by atoms with van der Waals surface area (Å²) in [5.74, 6) is -4.76. The van der Waals surface area contributed by atoms with Gasteiger partial charge >= 0.3 is 0 Å². The molecule has 4 aliphatic carbocycles. The van der Waals surface area contributed by atoms with Crippen LogP contribution in [0.3, 0.4) is 0 Å². The van der Waals surface area contributed by atoms with Gasteiger partial charge in [0.25, 0.3) is 17.7 Å². The first-order valence-corrected chi connectivity index (χ1v) is 20.3. The minimum atomic E-state index is -2.04. The molecule has 0 bridgehead atoms. The van der Waals surface area contributed by atoms with Gasteiger partial charge in [0, 0.05) is 36.1 Å². The number of hydrogen-bond acceptors (Lipinski definition) is 10. The van der Waals surface area contributed by atoms with Gasteiger partial charge in [-0.15, -0.1) is 0 Å². The fourth-order valence-corrected chi connectivity index (χ4v) is 11.2. The average molecular weight is 790 g/mol. The molecule has 306 valence electrons. The van der Waals surface area contributed by atoms with E-state index in [1.165, 1.54) is 30.4 Å². The molecule has 0 radical (unpaired) electrons. The van der Waals surface area contributed by atoms with Gasteiger partial charge in [-0.05, 0) is 88.0 Å². The lowest BCUT2D eigenvalue weighted by Crippen LogP contribution is -2.70. The number of ether oxygens (including phenoxy) is 1. The third-order valence-corrected chi connectivity index (χ3v) is 14.3. The Labute approximate surface area is 330 Å². The van der Waals surface area contributed by atoms with Gasteiger partial charge < -0.3 is 20.3 Å². The fourth-order valence-electron chi connectivity index (χ4n) is 11.2. The van der Waals surface area contributed by atoms with Crippen molar-refractivity contribution in [3.63, 3.8) is 0 Å². The van der Waals surface area contributed by atoms with Gasteiger partial charge in [-0.1, -0.05) is 50.8 Å². The topological polar surface area (TPSA) is 196 Å². The number of allylic oxidation sites excluding steroid dienone is 4. The summed E-state index contributed by atoms with van der Waals surface area (Å²) in [6.45, 7) is 5.41. The van der Waals surface area contributed by atoms with E-state index in [4.69, 9.17) is 4.74 Å². The molecule has 7 rings (SSSR count). The summed E-state index contributed by atoms with van der Waals surface area (Å²) in [6.07, 6.45) is 8.15. The molecule has 6 aliphatic rings. The first-order valence-electron chi connectivity index (χ1n) is 20.3. The average Bonchev–Trinajstić information content (AvgIpc) is 3.54. The number of rotatable bonds is 13. The number of Topliss-reactive ketones (excluding diaryl/α,β-unsaturated/α-hetero) is 1. The molecule has 1 unspecified atom stereocenters. The van der Waals surface area contributed by atoms with Crippen LogP contribution in [0, 0.1) is 28.6 Å². The number of unbranched alkanes of at least 4 members (excludes halogenated alkanes) is 4. The molecule has 1 saturated heterocycles. The Hall–Kier alpha value is -4.56. The second-order valence-electron chi connectivity index (χ2n) is 17.4. The Balaban J connectivity index is 0.847. The van der Waals surface area contributed by atoms with Gasteiger partial charge in [-0.3, -0.25) is 43.8 Å². The van der Waals surface area contributed by atoms with Crippen LogP contribution in [0.15, 0.2) is 42.0 Å². The first kappa shape index (κ1) is 40.6. The van der Waals surface area contributed by atoms with Crippen molar-refractivity contribution in [2.45, 2.75) is 121 Å². The number of piperidine rings is 1. The lowest BCUT2D eigenvalue weighted by atomic mass is 9.44. The number of alkyl halides is 1. The number of fused-ring (bicyclic) bond motifs is 6. The van der Waals surface area contributed by atoms with Crippen molar-refractivity contribution in [1.29, 1.82) is 0 Å². The summed E-state index contributed by atoms with van der Waals surface area (Å²) in [7, 11) is 0. The van der Waals surface area contributed by atoms with Crippen LogP contribution >= 0.6 is 0 Å². The largest absolute Gasteiger partial charge is 0.485 e. The summed E-state index contributed by atoms with van der Waals surface area (Å²) in [4.78, 5) is 89.7. The number of amides is 5. The molecular formula is C43H52FN3O10. The maximum atomic E-state index is 17.4. The molecule has 2 heterocycles. The van der Waals surface area contributed by atoms with E-state index in [0.29, 0.717) is 44.2 Å². The van der Waals surface area contributed by atoms with E-state index in [0.717, 1.165) is 24.2 Å². The summed E-state index contributed by atoms with van der Waals surface area (Å²) in [5, 5.41) is 28.8. The highest BCUT2D eigenvalue weighted by Crippen LogP contribution is 2.70. The minimum Gasteiger partial charge on any atom is -0.485 e. The molecule has 57 heavy (non-hydrogen) atoms. The number of halogens is 1. The zero-order chi connectivity index (χ0) is 41.1. The molecule has 14 heteroatoms. The Morgan fingerprint density at radius 1 is 1.00 bits per heavy atom. The number of nitrogens with zero attached hydrogens (tertiary/aromatic N) is 1. The Bertz CT molecular complexity index is 1980. The number of imide groups is 2. The lowest BCUT2D eigenvalue weighted by molar-refractivity contribution is -0.219. The number of aliphatic hydroxyl groups excluding tert-OH is 1. The van der Waals surface area contributed by atoms with E-state index in [-0.39, 0.29) is 66.7 Å². The summed E-state index contributed by atoms with van der Waals surface area (Å²) < 4.78 is 23.1. The van der Waals surface area contributed by atoms with Crippen molar-refractivity contribution in [2.75, 3.05) is 13.2 Å². The van der Waals surface area contributed by atoms with Gasteiger partial charge in [-0.2, -0.15) is 0 Å². The van der Waals surface area contributed by atoms with Crippen LogP contribution in [0.1, 0.15) is 119 Å². The summed E-state index contributed by atoms with van der Waals surface area (Å²) in [6, 6.07) is 3.37. The van der Waals surface area contributed by atoms with E-state index in [1.807, 2.05) is 13.8 Å². The van der Waals surface area contributed by atoms with E-state index in [2.05, 4.69) is 10.6 Å². The molecule has 13 nitrogen and oxygen atoms in total. The predicted molar refractivity (Wildman–Crippen MR) is 202 cm³/mol. The maximum absolute atomic E-state index is 17.4. The van der Waals surface area contributed by atoms with E-state index in [1.54, 1.807) is 13.0 Å². The quantitative estimate of drug-likeness (QED) is 0.168. The monoisotopic (exact) mass is 789 g/mol. The van der Waals surface area contributed by atoms with Crippen LogP contribution in [0.2, 0.25) is 0 Å². The number of nitrogens with one attached hydrogen (secondary N) is 2. The standard InChI is InChI=1S/C43H52FN3O10/c1-24-20-30-29-14-13-25-21-26(48)17-18-40(25,2)42(29,44)33(50)22-41(30,3)43(24,56)39(55)45-19-8-6-4-5-7-10-27(49)23-57-32-12-9-11-28-35(32)38(54)47(37(28)53)31-15-16-34(51)46-36(31)52/h9,11-12,17-18,21,24,29-31,33,50,56H,4-8,10,13-16,19-20,22-23H2,1-3H3,(H,45,55)(H,46,51,52)/t24-,29-,30-,31?,33-,40-,41-,42-,43-/m0/s1. The second kappa shape index (κ2) is 15.0. The van der Waals surface area contributed by atoms with Gasteiger partial charge in [0.15, 0.2) is 22.8 Å². The Morgan fingerprint density at radius 3 is 2.49 bits per heavy atom. The van der Waals surface area contributed by atoms with Crippen LogP contribution in [0.5, 0.6) is 5.75 Å². The van der Waals surface area contributed by atoms with E-state index < -0.39 is 75.6 Å². The molecule has 9 atom stereocenters. The predicted octanol–water partition coefficient (Wildman–Crippen LogP) is 3.84. The first-order chi connectivity index (χ1) is 27.0. The number of carbonyl (C=O) groups excluding carboxylic acids is 7. The third kappa shape index (κ3) is 6.37. The Kier molecular flexibility index (Phi) is 10.7. The van der Waals surface area contributed by atoms with Crippen molar-refractivity contribution in [2.24, 2.45) is 28.6 Å². The van der Waals surface area contributed by atoms with Gasteiger partial charge in [0.2, 0.25) is 11.8 Å². The maximum Gasteiger partial charge on any atom is 0.266 e. The van der Waals surface area contributed by atoms with E-state index >= 15 is 4.39 Å². The highest BCUT2D eigenvalue weighted by molar-refractivity contribution is 6.24. The molecule has 1 aromatic carbocycles. The van der Waals surface area contributed by atoms with Crippen LogP contribution in [0.25, 0.3) is 0 Å². The summed E-state index contributed by atoms with van der Waals surface area (Å²) in [5.41, 5.74) is -5.29. The molecule has 2 aliphatic heterocycles. The molecule has 1 aromatic rings. The molecule has 0 spiro atoms. The van der Waals surface area contributed by atoms with Crippen LogP contribution < -0.4 is 15.4 Å². The number of ketones is 2. The third-order valence-electron chi connectivity index (χ3n) is 14.3. The van der Waals surface area contributed by atoms with Crippen LogP contribution in [-0.2, 0) is 24.0 Å². The number of aliphatic hydroxyl groups is 2.